The smallest absolute Gasteiger partial charge is 0.407 e. The van der Waals surface area contributed by atoms with Crippen LogP contribution < -0.4 is 10.6 Å². The van der Waals surface area contributed by atoms with E-state index in [0.29, 0.717) is 0 Å². The van der Waals surface area contributed by atoms with Gasteiger partial charge >= 0.3 is 12.1 Å². The van der Waals surface area contributed by atoms with Crippen molar-refractivity contribution < 1.29 is 24.2 Å². The van der Waals surface area contributed by atoms with Gasteiger partial charge < -0.3 is 20.5 Å². The van der Waals surface area contributed by atoms with Crippen molar-refractivity contribution >= 4 is 23.7 Å². The van der Waals surface area contributed by atoms with Crippen LogP contribution >= 0.6 is 0 Å². The summed E-state index contributed by atoms with van der Waals surface area (Å²) in [6, 6.07) is 16.0. The number of benzene rings is 2. The lowest BCUT2D eigenvalue weighted by molar-refractivity contribution is -0.115. The summed E-state index contributed by atoms with van der Waals surface area (Å²) in [4.78, 5) is 35.4. The van der Waals surface area contributed by atoms with Crippen LogP contribution in [0.25, 0.3) is 11.1 Å². The number of fused-ring (bicyclic) bond motifs is 3. The summed E-state index contributed by atoms with van der Waals surface area (Å²) in [6.45, 7) is -0.238. The highest BCUT2D eigenvalue weighted by molar-refractivity contribution is 6.00. The van der Waals surface area contributed by atoms with Crippen LogP contribution in [0.3, 0.4) is 0 Å². The van der Waals surface area contributed by atoms with Crippen LogP contribution in [0.4, 0.5) is 10.5 Å². The minimum absolute atomic E-state index is 0.0503. The third-order valence-corrected chi connectivity index (χ3v) is 5.04. The summed E-state index contributed by atoms with van der Waals surface area (Å²) >= 11 is 0. The van der Waals surface area contributed by atoms with Crippen LogP contribution in [-0.2, 0) is 16.6 Å². The van der Waals surface area contributed by atoms with E-state index in [9.17, 15) is 14.4 Å². The average Bonchev–Trinajstić information content (AvgIpc) is 3.28. The van der Waals surface area contributed by atoms with Crippen LogP contribution in [0.5, 0.6) is 0 Å². The normalized spacial score (nSPS) is 12.0. The van der Waals surface area contributed by atoms with Gasteiger partial charge in [0.1, 0.15) is 13.2 Å². The lowest BCUT2D eigenvalue weighted by Crippen LogP contribution is -2.34. The molecular formula is C22H20N4O5. The molecule has 3 aromatic rings. The minimum atomic E-state index is -1.26. The highest BCUT2D eigenvalue weighted by Crippen LogP contribution is 2.44. The van der Waals surface area contributed by atoms with Crippen molar-refractivity contribution in [2.75, 3.05) is 18.5 Å². The van der Waals surface area contributed by atoms with Gasteiger partial charge in [0.25, 0.3) is 0 Å². The molecule has 1 heterocycles. The Morgan fingerprint density at radius 3 is 2.29 bits per heavy atom. The van der Waals surface area contributed by atoms with E-state index in [4.69, 9.17) is 9.84 Å². The van der Waals surface area contributed by atoms with Gasteiger partial charge in [-0.1, -0.05) is 48.5 Å². The Balaban J connectivity index is 1.33. The molecule has 9 nitrogen and oxygen atoms in total. The molecule has 0 radical (unpaired) electrons. The zero-order chi connectivity index (χ0) is 22.0. The first-order valence-corrected chi connectivity index (χ1v) is 9.59. The summed E-state index contributed by atoms with van der Waals surface area (Å²) in [7, 11) is 1.54. The number of alkyl carbamates (subject to hydrolysis) is 1. The first kappa shape index (κ1) is 20.1. The molecule has 1 aliphatic rings. The number of nitrogens with zero attached hydrogens (tertiary/aromatic N) is 2. The molecule has 2 aromatic carbocycles. The fourth-order valence-electron chi connectivity index (χ4n) is 3.73. The van der Waals surface area contributed by atoms with E-state index in [1.807, 2.05) is 48.5 Å². The maximum Gasteiger partial charge on any atom is 0.407 e. The number of ether oxygens (including phenoxy) is 1. The van der Waals surface area contributed by atoms with Crippen molar-refractivity contribution in [3.8, 4) is 11.1 Å². The highest BCUT2D eigenvalue weighted by Gasteiger charge is 2.29. The number of amides is 2. The molecule has 0 spiro atoms. The molecule has 1 aromatic heterocycles. The molecule has 0 saturated heterocycles. The van der Waals surface area contributed by atoms with Crippen molar-refractivity contribution in [3.05, 3.63) is 71.5 Å². The van der Waals surface area contributed by atoms with E-state index in [1.165, 1.54) is 17.9 Å². The fraction of sp³-hybridized carbons (Fsp3) is 0.182. The van der Waals surface area contributed by atoms with E-state index in [-0.39, 0.29) is 30.5 Å². The topological polar surface area (TPSA) is 123 Å². The number of carboxylic acid groups (broad SMARTS) is 1. The van der Waals surface area contributed by atoms with Crippen molar-refractivity contribution in [2.45, 2.75) is 5.92 Å². The Kier molecular flexibility index (Phi) is 5.40. The van der Waals surface area contributed by atoms with Gasteiger partial charge in [-0.2, -0.15) is 5.10 Å². The standard InChI is InChI=1S/C22H20N4O5/c1-26-11-18(20(25-26)21(28)29)24-19(27)10-23-22(30)31-12-17-15-8-4-2-6-13(15)14-7-3-5-9-16(14)17/h2-9,11,17H,10,12H2,1H3,(H,23,30)(H,24,27)(H,28,29). The van der Waals surface area contributed by atoms with Gasteiger partial charge in [-0.25, -0.2) is 9.59 Å². The summed E-state index contributed by atoms with van der Waals surface area (Å²) in [5.41, 5.74) is 4.19. The lowest BCUT2D eigenvalue weighted by atomic mass is 9.98. The van der Waals surface area contributed by atoms with Gasteiger partial charge in [0.2, 0.25) is 5.91 Å². The van der Waals surface area contributed by atoms with Gasteiger partial charge in [0.15, 0.2) is 5.69 Å². The van der Waals surface area contributed by atoms with Crippen LogP contribution in [0.2, 0.25) is 0 Å². The molecular weight excluding hydrogens is 400 g/mol. The van der Waals surface area contributed by atoms with Gasteiger partial charge in [0.05, 0.1) is 5.69 Å². The van der Waals surface area contributed by atoms with Gasteiger partial charge in [-0.15, -0.1) is 0 Å². The second-order valence-corrected chi connectivity index (χ2v) is 7.10. The summed E-state index contributed by atoms with van der Waals surface area (Å²) < 4.78 is 6.64. The van der Waals surface area contributed by atoms with Crippen molar-refractivity contribution in [1.29, 1.82) is 0 Å². The second-order valence-electron chi connectivity index (χ2n) is 7.10. The third kappa shape index (κ3) is 4.11. The van der Waals surface area contributed by atoms with E-state index >= 15 is 0 Å². The molecule has 3 N–H and O–H groups in total. The largest absolute Gasteiger partial charge is 0.476 e. The summed E-state index contributed by atoms with van der Waals surface area (Å²) in [6.07, 6.45) is 0.635. The average molecular weight is 420 g/mol. The van der Waals surface area contributed by atoms with E-state index in [2.05, 4.69) is 15.7 Å². The molecule has 0 aliphatic heterocycles. The maximum atomic E-state index is 12.1. The number of carbonyl (C=O) groups excluding carboxylic acids is 2. The lowest BCUT2D eigenvalue weighted by Gasteiger charge is -2.14. The molecule has 0 atom stereocenters. The number of aromatic nitrogens is 2. The molecule has 0 unspecified atom stereocenters. The number of anilines is 1. The van der Waals surface area contributed by atoms with Crippen LogP contribution in [0, 0.1) is 0 Å². The molecule has 31 heavy (non-hydrogen) atoms. The number of carboxylic acids is 1. The Morgan fingerprint density at radius 1 is 1.06 bits per heavy atom. The maximum absolute atomic E-state index is 12.1. The quantitative estimate of drug-likeness (QED) is 0.563. The van der Waals surface area contributed by atoms with E-state index < -0.39 is 18.0 Å². The minimum Gasteiger partial charge on any atom is -0.476 e. The van der Waals surface area contributed by atoms with Crippen molar-refractivity contribution in [1.82, 2.24) is 15.1 Å². The molecule has 158 valence electrons. The molecule has 1 aliphatic carbocycles. The molecule has 9 heteroatoms. The van der Waals surface area contributed by atoms with Gasteiger partial charge in [0, 0.05) is 19.2 Å². The van der Waals surface area contributed by atoms with Crippen LogP contribution in [-0.4, -0.2) is 46.0 Å². The SMILES string of the molecule is Cn1cc(NC(=O)CNC(=O)OCC2c3ccccc3-c3ccccc32)c(C(=O)O)n1. The van der Waals surface area contributed by atoms with Crippen LogP contribution in [0.1, 0.15) is 27.5 Å². The monoisotopic (exact) mass is 420 g/mol. The van der Waals surface area contributed by atoms with Crippen molar-refractivity contribution in [3.63, 3.8) is 0 Å². The van der Waals surface area contributed by atoms with E-state index in [0.717, 1.165) is 22.3 Å². The van der Waals surface area contributed by atoms with Crippen molar-refractivity contribution in [2.24, 2.45) is 7.05 Å². The second kappa shape index (κ2) is 8.31. The first-order chi connectivity index (χ1) is 14.9. The number of hydrogen-bond donors (Lipinski definition) is 3. The zero-order valence-electron chi connectivity index (χ0n) is 16.7. The van der Waals surface area contributed by atoms with Gasteiger partial charge in [-0.05, 0) is 22.3 Å². The number of aryl methyl sites for hydroxylation is 1. The van der Waals surface area contributed by atoms with Gasteiger partial charge in [-0.3, -0.25) is 9.48 Å². The predicted octanol–water partition coefficient (Wildman–Crippen LogP) is 2.60. The number of hydrogen-bond acceptors (Lipinski definition) is 5. The Labute approximate surface area is 177 Å². The molecule has 4 rings (SSSR count). The predicted molar refractivity (Wildman–Crippen MR) is 112 cm³/mol. The fourth-order valence-corrected chi connectivity index (χ4v) is 3.73. The Hall–Kier alpha value is -4.14. The highest BCUT2D eigenvalue weighted by atomic mass is 16.5. The van der Waals surface area contributed by atoms with Crippen LogP contribution in [0.15, 0.2) is 54.7 Å². The first-order valence-electron chi connectivity index (χ1n) is 9.59. The summed E-state index contributed by atoms with van der Waals surface area (Å²) in [5.74, 6) is -1.94. The third-order valence-electron chi connectivity index (χ3n) is 5.04. The number of aromatic carboxylic acids is 1. The molecule has 0 bridgehead atoms. The number of carbonyl (C=O) groups is 3. The number of nitrogens with one attached hydrogen (secondary N) is 2. The number of rotatable bonds is 6. The molecule has 0 fully saturated rings. The summed E-state index contributed by atoms with van der Waals surface area (Å²) in [5, 5.41) is 17.7. The zero-order valence-corrected chi connectivity index (χ0v) is 16.7. The molecule has 2 amide bonds. The Morgan fingerprint density at radius 2 is 1.68 bits per heavy atom. The Bertz CT molecular complexity index is 1120. The van der Waals surface area contributed by atoms with E-state index in [1.54, 1.807) is 0 Å². The molecule has 0 saturated carbocycles.